The summed E-state index contributed by atoms with van der Waals surface area (Å²) < 4.78 is 0. The van der Waals surface area contributed by atoms with E-state index in [4.69, 9.17) is 11.4 Å². The number of nitrogen functional groups attached to an aromatic ring is 1. The summed E-state index contributed by atoms with van der Waals surface area (Å²) in [7, 11) is 0. The third-order valence-electron chi connectivity index (χ3n) is 1.61. The minimum Gasteiger partial charge on any atom is -0.324 e. The van der Waals surface area contributed by atoms with Crippen molar-refractivity contribution in [2.45, 2.75) is 0 Å². The topological polar surface area (TPSA) is 86.8 Å². The lowest BCUT2D eigenvalue weighted by Gasteiger charge is -1.99. The molecule has 14 heavy (non-hydrogen) atoms. The second kappa shape index (κ2) is 5.64. The first-order valence-electron chi connectivity index (χ1n) is 4.11. The van der Waals surface area contributed by atoms with Gasteiger partial charge in [0.15, 0.2) is 0 Å². The lowest BCUT2D eigenvalue weighted by molar-refractivity contribution is 1.22. The second-order valence-electron chi connectivity index (χ2n) is 2.59. The van der Waals surface area contributed by atoms with Crippen LogP contribution in [0.3, 0.4) is 0 Å². The van der Waals surface area contributed by atoms with E-state index in [2.05, 4.69) is 15.5 Å². The molecular formula is C9H11N5. The summed E-state index contributed by atoms with van der Waals surface area (Å²) in [4.78, 5) is 2.64. The summed E-state index contributed by atoms with van der Waals surface area (Å²) in [6.07, 6.45) is 3.66. The van der Waals surface area contributed by atoms with Crippen molar-refractivity contribution in [1.29, 1.82) is 0 Å². The molecule has 0 aliphatic carbocycles. The van der Waals surface area contributed by atoms with Crippen molar-refractivity contribution < 1.29 is 0 Å². The molecule has 0 atom stereocenters. The fourth-order valence-electron chi connectivity index (χ4n) is 1.00. The number of hydrogen-bond acceptors (Lipinski definition) is 3. The maximum Gasteiger partial charge on any atom is 0.0491 e. The van der Waals surface area contributed by atoms with E-state index in [1.807, 2.05) is 30.3 Å². The molecule has 1 aromatic rings. The standard InChI is InChI=1S/C9H11N5/c10-13-9-5-1-3-8(7-9)4-2-6-12-14-11/h1-5,7,13H,6,10H2. The molecule has 1 rings (SSSR count). The van der Waals surface area contributed by atoms with E-state index < -0.39 is 0 Å². The zero-order chi connectivity index (χ0) is 10.2. The highest BCUT2D eigenvalue weighted by molar-refractivity contribution is 5.56. The first-order chi connectivity index (χ1) is 6.86. The van der Waals surface area contributed by atoms with Crippen molar-refractivity contribution in [1.82, 2.24) is 0 Å². The zero-order valence-corrected chi connectivity index (χ0v) is 7.59. The van der Waals surface area contributed by atoms with Crippen LogP contribution in [0.4, 0.5) is 5.69 Å². The number of nitrogens with zero attached hydrogens (tertiary/aromatic N) is 3. The third kappa shape index (κ3) is 3.18. The summed E-state index contributed by atoms with van der Waals surface area (Å²) in [5, 5.41) is 3.38. The van der Waals surface area contributed by atoms with Gasteiger partial charge in [-0.25, -0.2) is 0 Å². The molecule has 0 amide bonds. The minimum atomic E-state index is 0.358. The van der Waals surface area contributed by atoms with Gasteiger partial charge in [-0.2, -0.15) is 0 Å². The smallest absolute Gasteiger partial charge is 0.0491 e. The second-order valence-corrected chi connectivity index (χ2v) is 2.59. The van der Waals surface area contributed by atoms with E-state index in [-0.39, 0.29) is 0 Å². The van der Waals surface area contributed by atoms with Crippen LogP contribution in [0.25, 0.3) is 16.5 Å². The van der Waals surface area contributed by atoms with Gasteiger partial charge < -0.3 is 5.43 Å². The molecule has 72 valence electrons. The summed E-state index contributed by atoms with van der Waals surface area (Å²) in [5.41, 5.74) is 12.4. The molecule has 0 fully saturated rings. The fourth-order valence-corrected chi connectivity index (χ4v) is 1.00. The molecule has 0 saturated heterocycles. The molecule has 5 heteroatoms. The molecule has 0 saturated carbocycles. The number of hydrogen-bond donors (Lipinski definition) is 2. The lowest BCUT2D eigenvalue weighted by Crippen LogP contribution is -2.06. The van der Waals surface area contributed by atoms with E-state index in [1.165, 1.54) is 0 Å². The number of nitrogens with two attached hydrogens (primary N) is 1. The Bertz CT molecular complexity index is 365. The maximum absolute atomic E-state index is 8.04. The number of anilines is 1. The van der Waals surface area contributed by atoms with Crippen LogP contribution in [0.1, 0.15) is 5.56 Å². The highest BCUT2D eigenvalue weighted by atomic mass is 15.2. The van der Waals surface area contributed by atoms with Gasteiger partial charge in [0.2, 0.25) is 0 Å². The van der Waals surface area contributed by atoms with E-state index >= 15 is 0 Å². The maximum atomic E-state index is 8.04. The van der Waals surface area contributed by atoms with Crippen LogP contribution in [0.15, 0.2) is 35.5 Å². The Labute approximate surface area is 81.8 Å². The van der Waals surface area contributed by atoms with Crippen molar-refractivity contribution in [2.75, 3.05) is 12.0 Å². The predicted molar refractivity (Wildman–Crippen MR) is 57.3 cm³/mol. The molecule has 0 spiro atoms. The molecule has 0 aromatic heterocycles. The van der Waals surface area contributed by atoms with Gasteiger partial charge in [-0.15, -0.1) is 0 Å². The normalized spacial score (nSPS) is 9.79. The van der Waals surface area contributed by atoms with Crippen LogP contribution in [-0.4, -0.2) is 6.54 Å². The van der Waals surface area contributed by atoms with Crippen LogP contribution in [0.2, 0.25) is 0 Å². The van der Waals surface area contributed by atoms with Gasteiger partial charge in [-0.1, -0.05) is 29.4 Å². The Kier molecular flexibility index (Phi) is 4.07. The number of azide groups is 1. The summed E-state index contributed by atoms with van der Waals surface area (Å²) >= 11 is 0. The zero-order valence-electron chi connectivity index (χ0n) is 7.59. The molecule has 3 N–H and O–H groups in total. The van der Waals surface area contributed by atoms with Gasteiger partial charge in [0.1, 0.15) is 0 Å². The lowest BCUT2D eigenvalue weighted by atomic mass is 10.2. The Morgan fingerprint density at radius 2 is 2.43 bits per heavy atom. The first-order valence-corrected chi connectivity index (χ1v) is 4.11. The number of hydrazine groups is 1. The Hall–Kier alpha value is -1.97. The molecule has 0 aliphatic rings. The minimum absolute atomic E-state index is 0.358. The van der Waals surface area contributed by atoms with Crippen molar-refractivity contribution in [3.63, 3.8) is 0 Å². The van der Waals surface area contributed by atoms with Crippen molar-refractivity contribution in [3.05, 3.63) is 46.3 Å². The highest BCUT2D eigenvalue weighted by Gasteiger charge is 1.88. The molecule has 5 nitrogen and oxygen atoms in total. The Balaban J connectivity index is 2.66. The molecule has 0 aliphatic heterocycles. The van der Waals surface area contributed by atoms with Crippen LogP contribution in [0, 0.1) is 0 Å². The van der Waals surface area contributed by atoms with Gasteiger partial charge in [-0.05, 0) is 23.2 Å². The number of rotatable bonds is 4. The summed E-state index contributed by atoms with van der Waals surface area (Å²) in [6, 6.07) is 7.59. The molecule has 0 bridgehead atoms. The molecule has 0 unspecified atom stereocenters. The monoisotopic (exact) mass is 189 g/mol. The number of benzene rings is 1. The fraction of sp³-hybridized carbons (Fsp3) is 0.111. The van der Waals surface area contributed by atoms with E-state index in [0.717, 1.165) is 11.3 Å². The van der Waals surface area contributed by atoms with Crippen molar-refractivity contribution in [3.8, 4) is 0 Å². The van der Waals surface area contributed by atoms with Gasteiger partial charge >= 0.3 is 0 Å². The van der Waals surface area contributed by atoms with Gasteiger partial charge in [-0.3, -0.25) is 5.84 Å². The van der Waals surface area contributed by atoms with Gasteiger partial charge in [0, 0.05) is 17.1 Å². The molecule has 1 aromatic carbocycles. The average Bonchev–Trinajstić information content (AvgIpc) is 2.25. The van der Waals surface area contributed by atoms with Crippen LogP contribution >= 0.6 is 0 Å². The SMILES string of the molecule is [N-]=[N+]=NCC=Cc1cccc(NN)c1. The van der Waals surface area contributed by atoms with Crippen molar-refractivity contribution in [2.24, 2.45) is 11.0 Å². The molecule has 0 heterocycles. The van der Waals surface area contributed by atoms with Gasteiger partial charge in [0.05, 0.1) is 0 Å². The van der Waals surface area contributed by atoms with E-state index in [0.29, 0.717) is 6.54 Å². The highest BCUT2D eigenvalue weighted by Crippen LogP contribution is 2.10. The van der Waals surface area contributed by atoms with Crippen LogP contribution in [0.5, 0.6) is 0 Å². The van der Waals surface area contributed by atoms with Crippen molar-refractivity contribution >= 4 is 11.8 Å². The molecule has 0 radical (unpaired) electrons. The largest absolute Gasteiger partial charge is 0.324 e. The molecular weight excluding hydrogens is 178 g/mol. The van der Waals surface area contributed by atoms with Gasteiger partial charge in [0.25, 0.3) is 0 Å². The predicted octanol–water partition coefficient (Wildman–Crippen LogP) is 2.30. The Morgan fingerprint density at radius 1 is 1.57 bits per heavy atom. The Morgan fingerprint density at radius 3 is 3.14 bits per heavy atom. The van der Waals surface area contributed by atoms with E-state index in [1.54, 1.807) is 6.08 Å². The number of nitrogens with one attached hydrogen (secondary N) is 1. The third-order valence-corrected chi connectivity index (χ3v) is 1.61. The first kappa shape index (κ1) is 10.1. The summed E-state index contributed by atoms with van der Waals surface area (Å²) in [5.74, 6) is 5.25. The van der Waals surface area contributed by atoms with Crippen LogP contribution < -0.4 is 11.3 Å². The van der Waals surface area contributed by atoms with Crippen LogP contribution in [-0.2, 0) is 0 Å². The average molecular weight is 189 g/mol. The van der Waals surface area contributed by atoms with E-state index in [9.17, 15) is 0 Å². The summed E-state index contributed by atoms with van der Waals surface area (Å²) in [6.45, 7) is 0.358. The quantitative estimate of drug-likeness (QED) is 0.250.